The van der Waals surface area contributed by atoms with Crippen molar-refractivity contribution in [1.82, 2.24) is 24.3 Å². The maximum Gasteiger partial charge on any atom is 0.251 e. The second-order valence-electron chi connectivity index (χ2n) is 20.2. The summed E-state index contributed by atoms with van der Waals surface area (Å²) in [7, 11) is 0. The smallest absolute Gasteiger partial charge is 0.251 e. The summed E-state index contributed by atoms with van der Waals surface area (Å²) in [5.41, 5.74) is 8.07. The van der Waals surface area contributed by atoms with Gasteiger partial charge in [0.15, 0.2) is 23.0 Å². The molecule has 0 bridgehead atoms. The number of carbonyl (C=O) groups excluding carboxylic acids is 1. The van der Waals surface area contributed by atoms with Crippen molar-refractivity contribution in [3.05, 3.63) is 150 Å². The van der Waals surface area contributed by atoms with Crippen LogP contribution in [0.1, 0.15) is 71.9 Å². The maximum atomic E-state index is 12.9. The number of nitrogens with zero attached hydrogens (tertiary/aromatic N) is 5. The number of pyridine rings is 2. The highest BCUT2D eigenvalue weighted by molar-refractivity contribution is 5.84. The normalized spacial score (nSPS) is 17.2. The van der Waals surface area contributed by atoms with Gasteiger partial charge in [-0.1, -0.05) is 36.4 Å². The Balaban J connectivity index is 0.000000176. The summed E-state index contributed by atoms with van der Waals surface area (Å²) in [6.07, 6.45) is 7.57. The fourth-order valence-corrected chi connectivity index (χ4v) is 10.9. The highest BCUT2D eigenvalue weighted by Crippen LogP contribution is 2.35. The summed E-state index contributed by atoms with van der Waals surface area (Å²) in [5, 5.41) is 5.35. The van der Waals surface area contributed by atoms with Gasteiger partial charge in [0.1, 0.15) is 26.4 Å². The lowest BCUT2D eigenvalue weighted by atomic mass is 9.84. The van der Waals surface area contributed by atoms with Gasteiger partial charge in [-0.3, -0.25) is 14.4 Å². The molecule has 0 aliphatic carbocycles. The Hall–Kier alpha value is -6.62. The highest BCUT2D eigenvalue weighted by Gasteiger charge is 2.40. The molecule has 0 radical (unpaired) electrons. The molecule has 372 valence electrons. The molecule has 0 spiro atoms. The van der Waals surface area contributed by atoms with Crippen LogP contribution in [0, 0.1) is 34.3 Å². The van der Waals surface area contributed by atoms with E-state index in [2.05, 4.69) is 87.5 Å². The molecular formula is C58H68N6O7. The number of aromatic nitrogens is 2. The standard InChI is InChI=1S/C29H35N3O4.C29H33N3O3/c1-21-3-5-24-22(2)18-28(34)32(25(24)17-21)14-10-29(30-20-33)8-12-31(13-9-29)11-7-23-4-6-26-27(19-23)36-16-15-35-26;1-21-4-6-24-22(2)19-28(33)32(25(24)18-21)15-11-29(30-3)9-13-31(14-10-29)12-8-23-5-7-26-27(20-23)35-17-16-34-26/h3-6,17-20H,7-16H2,1-2H3,(H,30,33);4-7,18-20H,8-17H2,1-2H3. The molecule has 4 aromatic carbocycles. The Labute approximate surface area is 417 Å². The van der Waals surface area contributed by atoms with Crippen LogP contribution in [0.3, 0.4) is 0 Å². The number of aryl methyl sites for hydroxylation is 6. The molecule has 2 fully saturated rings. The lowest BCUT2D eigenvalue weighted by Gasteiger charge is -2.42. The van der Waals surface area contributed by atoms with Crippen LogP contribution in [0.5, 0.6) is 23.0 Å². The van der Waals surface area contributed by atoms with Gasteiger partial charge >= 0.3 is 0 Å². The van der Waals surface area contributed by atoms with E-state index >= 15 is 0 Å². The van der Waals surface area contributed by atoms with Crippen molar-refractivity contribution in [3.8, 4) is 23.0 Å². The molecule has 13 nitrogen and oxygen atoms in total. The van der Waals surface area contributed by atoms with Crippen LogP contribution in [0.4, 0.5) is 0 Å². The molecule has 0 unspecified atom stereocenters. The Bertz CT molecular complexity index is 3050. The van der Waals surface area contributed by atoms with E-state index in [0.29, 0.717) is 45.9 Å². The Morgan fingerprint density at radius 1 is 0.563 bits per heavy atom. The summed E-state index contributed by atoms with van der Waals surface area (Å²) in [6, 6.07) is 28.4. The van der Waals surface area contributed by atoms with E-state index in [-0.39, 0.29) is 16.7 Å². The van der Waals surface area contributed by atoms with Crippen LogP contribution >= 0.6 is 0 Å². The van der Waals surface area contributed by atoms with Crippen LogP contribution < -0.4 is 35.4 Å². The van der Waals surface area contributed by atoms with E-state index in [9.17, 15) is 14.4 Å². The molecule has 1 N–H and O–H groups in total. The van der Waals surface area contributed by atoms with Crippen LogP contribution in [-0.2, 0) is 30.7 Å². The number of carbonyl (C=O) groups is 1. The van der Waals surface area contributed by atoms with Gasteiger partial charge in [-0.15, -0.1) is 0 Å². The molecule has 6 heterocycles. The third-order valence-corrected chi connectivity index (χ3v) is 15.4. The van der Waals surface area contributed by atoms with E-state index in [0.717, 1.165) is 158 Å². The molecule has 2 saturated heterocycles. The first-order valence-electron chi connectivity index (χ1n) is 25.5. The quantitative estimate of drug-likeness (QED) is 0.0849. The molecule has 13 heteroatoms. The summed E-state index contributed by atoms with van der Waals surface area (Å²) in [6.45, 7) is 25.2. The molecule has 1 amide bonds. The number of hydrogen-bond acceptors (Lipinski definition) is 9. The fourth-order valence-electron chi connectivity index (χ4n) is 10.9. The average molecular weight is 961 g/mol. The largest absolute Gasteiger partial charge is 0.486 e. The van der Waals surface area contributed by atoms with E-state index in [4.69, 9.17) is 25.5 Å². The Morgan fingerprint density at radius 3 is 1.48 bits per heavy atom. The molecular weight excluding hydrogens is 893 g/mol. The number of amides is 1. The topological polar surface area (TPSA) is 121 Å². The number of likely N-dealkylation sites (tertiary alicyclic amines) is 2. The van der Waals surface area contributed by atoms with Crippen molar-refractivity contribution in [2.45, 2.75) is 103 Å². The number of rotatable bonds is 14. The summed E-state index contributed by atoms with van der Waals surface area (Å²) >= 11 is 0. The van der Waals surface area contributed by atoms with Crippen LogP contribution in [0.25, 0.3) is 26.7 Å². The van der Waals surface area contributed by atoms with Gasteiger partial charge in [0.2, 0.25) is 11.9 Å². The molecule has 4 aliphatic heterocycles. The highest BCUT2D eigenvalue weighted by atomic mass is 16.6. The third-order valence-electron chi connectivity index (χ3n) is 15.4. The first-order valence-corrected chi connectivity index (χ1v) is 25.5. The van der Waals surface area contributed by atoms with Crippen LogP contribution in [0.2, 0.25) is 0 Å². The second kappa shape index (κ2) is 21.8. The van der Waals surface area contributed by atoms with Gasteiger partial charge in [-0.05, 0) is 130 Å². The molecule has 0 atom stereocenters. The lowest BCUT2D eigenvalue weighted by molar-refractivity contribution is -0.112. The number of fused-ring (bicyclic) bond motifs is 4. The van der Waals surface area contributed by atoms with Gasteiger partial charge in [-0.25, -0.2) is 6.57 Å². The van der Waals surface area contributed by atoms with Crippen molar-refractivity contribution < 1.29 is 23.7 Å². The summed E-state index contributed by atoms with van der Waals surface area (Å²) < 4.78 is 26.4. The molecule has 10 rings (SSSR count). The van der Waals surface area contributed by atoms with E-state index in [1.807, 2.05) is 42.0 Å². The zero-order chi connectivity index (χ0) is 49.5. The lowest BCUT2D eigenvalue weighted by Crippen LogP contribution is -2.54. The monoisotopic (exact) mass is 961 g/mol. The fraction of sp³-hybridized carbons (Fsp3) is 0.448. The van der Waals surface area contributed by atoms with Gasteiger partial charge in [0.05, 0.1) is 11.0 Å². The minimum atomic E-state index is -0.395. The van der Waals surface area contributed by atoms with Crippen molar-refractivity contribution in [3.63, 3.8) is 0 Å². The molecule has 0 saturated carbocycles. The van der Waals surface area contributed by atoms with Gasteiger partial charge < -0.3 is 48.0 Å². The van der Waals surface area contributed by atoms with Crippen molar-refractivity contribution in [2.75, 3.05) is 65.7 Å². The Morgan fingerprint density at radius 2 is 1.01 bits per heavy atom. The van der Waals surface area contributed by atoms with E-state index in [1.165, 1.54) is 11.1 Å². The van der Waals surface area contributed by atoms with E-state index in [1.54, 1.807) is 12.1 Å². The van der Waals surface area contributed by atoms with E-state index < -0.39 is 5.54 Å². The Kier molecular flexibility index (Phi) is 15.2. The summed E-state index contributed by atoms with van der Waals surface area (Å²) in [4.78, 5) is 46.3. The zero-order valence-corrected chi connectivity index (χ0v) is 41.9. The van der Waals surface area contributed by atoms with Crippen molar-refractivity contribution in [2.24, 2.45) is 0 Å². The third kappa shape index (κ3) is 11.5. The molecule has 71 heavy (non-hydrogen) atoms. The maximum absolute atomic E-state index is 12.9. The minimum Gasteiger partial charge on any atom is -0.486 e. The average Bonchev–Trinajstić information content (AvgIpc) is 3.38. The van der Waals surface area contributed by atoms with Crippen molar-refractivity contribution in [1.29, 1.82) is 0 Å². The van der Waals surface area contributed by atoms with Crippen molar-refractivity contribution >= 4 is 28.2 Å². The molecule has 6 aromatic rings. The van der Waals surface area contributed by atoms with Gasteiger partial charge in [-0.2, -0.15) is 0 Å². The SMILES string of the molecule is Cc1ccc2c(C)cc(=O)n(CCC3(NC=O)CCN(CCc4ccc5c(c4)OCCO5)CC3)c2c1.[C-]#[N+]C1(CCn2c(=O)cc(C)c3ccc(C)cc32)CCN(CCc2ccc3c(c2)OCCO3)CC1. The zero-order valence-electron chi connectivity index (χ0n) is 41.9. The number of nitrogens with one attached hydrogen (secondary N) is 1. The van der Waals surface area contributed by atoms with Crippen LogP contribution in [0.15, 0.2) is 94.5 Å². The predicted octanol–water partition coefficient (Wildman–Crippen LogP) is 8.38. The van der Waals surface area contributed by atoms with Crippen LogP contribution in [-0.4, -0.2) is 102 Å². The number of benzene rings is 4. The predicted molar refractivity (Wildman–Crippen MR) is 279 cm³/mol. The number of piperidine rings is 2. The first-order chi connectivity index (χ1) is 34.4. The second-order valence-corrected chi connectivity index (χ2v) is 20.2. The van der Waals surface area contributed by atoms with Gasteiger partial charge in [0, 0.05) is 100 Å². The minimum absolute atomic E-state index is 0.0173. The first kappa shape index (κ1) is 49.4. The molecule has 2 aromatic heterocycles. The number of ether oxygens (including phenoxy) is 4. The summed E-state index contributed by atoms with van der Waals surface area (Å²) in [5.74, 6) is 3.33. The van der Waals surface area contributed by atoms with Gasteiger partial charge in [0.25, 0.3) is 11.1 Å². The number of hydrogen-bond donors (Lipinski definition) is 1. The molecule has 4 aliphatic rings.